The second-order valence-corrected chi connectivity index (χ2v) is 5.17. The molecule has 18 heavy (non-hydrogen) atoms. The van der Waals surface area contributed by atoms with Gasteiger partial charge >= 0.3 is 0 Å². The van der Waals surface area contributed by atoms with Crippen LogP contribution in [0, 0.1) is 10.1 Å². The van der Waals surface area contributed by atoms with Gasteiger partial charge in [-0.05, 0) is 19.9 Å². The molecule has 0 spiro atoms. The Balaban J connectivity index is 2.25. The summed E-state index contributed by atoms with van der Waals surface area (Å²) in [4.78, 5) is 12.4. The maximum Gasteiger partial charge on any atom is 0.271 e. The Bertz CT molecular complexity index is 457. The lowest BCUT2D eigenvalue weighted by Crippen LogP contribution is -2.54. The molecule has 0 aliphatic carbocycles. The molecule has 0 amide bonds. The maximum atomic E-state index is 10.7. The van der Waals surface area contributed by atoms with E-state index in [1.165, 1.54) is 12.1 Å². The van der Waals surface area contributed by atoms with Crippen LogP contribution in [0.1, 0.15) is 13.8 Å². The molecule has 0 aromatic heterocycles. The van der Waals surface area contributed by atoms with Gasteiger partial charge < -0.3 is 10.2 Å². The van der Waals surface area contributed by atoms with Gasteiger partial charge in [0.25, 0.3) is 5.69 Å². The summed E-state index contributed by atoms with van der Waals surface area (Å²) < 4.78 is 0. The molecular weight excluding hydrogens is 254 g/mol. The third-order valence-corrected chi connectivity index (χ3v) is 3.34. The van der Waals surface area contributed by atoms with Crippen LogP contribution in [0.4, 0.5) is 11.4 Å². The number of rotatable bonds is 2. The fourth-order valence-electron chi connectivity index (χ4n) is 2.39. The zero-order chi connectivity index (χ0) is 13.3. The van der Waals surface area contributed by atoms with Crippen molar-refractivity contribution in [1.82, 2.24) is 5.32 Å². The van der Waals surface area contributed by atoms with Gasteiger partial charge in [0, 0.05) is 37.3 Å². The summed E-state index contributed by atoms with van der Waals surface area (Å²) >= 11 is 6.14. The number of hydrogen-bond donors (Lipinski definition) is 1. The number of non-ortho nitro benzene ring substituents is 1. The number of nitrogens with zero attached hydrogens (tertiary/aromatic N) is 2. The zero-order valence-electron chi connectivity index (χ0n) is 10.4. The van der Waals surface area contributed by atoms with E-state index in [1.54, 1.807) is 6.07 Å². The Labute approximate surface area is 111 Å². The van der Waals surface area contributed by atoms with Gasteiger partial charge in [-0.2, -0.15) is 0 Å². The molecule has 0 radical (unpaired) electrons. The summed E-state index contributed by atoms with van der Waals surface area (Å²) in [7, 11) is 0. The summed E-state index contributed by atoms with van der Waals surface area (Å²) in [6.45, 7) is 5.92. The van der Waals surface area contributed by atoms with Gasteiger partial charge in [-0.15, -0.1) is 0 Å². The molecule has 0 saturated carbocycles. The number of benzene rings is 1. The minimum absolute atomic E-state index is 0.0278. The number of hydrogen-bond acceptors (Lipinski definition) is 4. The van der Waals surface area contributed by atoms with Crippen LogP contribution in [-0.4, -0.2) is 30.1 Å². The maximum absolute atomic E-state index is 10.7. The molecule has 1 aliphatic heterocycles. The average Bonchev–Trinajstić information content (AvgIpc) is 2.27. The number of anilines is 1. The Morgan fingerprint density at radius 2 is 2.00 bits per heavy atom. The molecule has 1 aliphatic rings. The first-order valence-corrected chi connectivity index (χ1v) is 6.30. The lowest BCUT2D eigenvalue weighted by Gasteiger charge is -2.38. The molecule has 98 valence electrons. The predicted molar refractivity (Wildman–Crippen MR) is 72.4 cm³/mol. The Morgan fingerprint density at radius 1 is 1.39 bits per heavy atom. The van der Waals surface area contributed by atoms with Gasteiger partial charge in [0.15, 0.2) is 0 Å². The van der Waals surface area contributed by atoms with Gasteiger partial charge in [0.05, 0.1) is 15.6 Å². The van der Waals surface area contributed by atoms with Crippen molar-refractivity contribution >= 4 is 23.0 Å². The number of nitrogens with one attached hydrogen (secondary N) is 1. The number of halogens is 1. The molecule has 1 N–H and O–H groups in total. The molecular formula is C12H16ClN3O2. The highest BCUT2D eigenvalue weighted by Gasteiger charge is 2.23. The highest BCUT2D eigenvalue weighted by atomic mass is 35.5. The molecule has 2 rings (SSSR count). The van der Waals surface area contributed by atoms with E-state index in [1.807, 2.05) is 0 Å². The molecule has 1 heterocycles. The van der Waals surface area contributed by atoms with Crippen molar-refractivity contribution in [2.75, 3.05) is 18.0 Å². The average molecular weight is 270 g/mol. The summed E-state index contributed by atoms with van der Waals surface area (Å²) in [5, 5.41) is 14.5. The molecule has 5 nitrogen and oxygen atoms in total. The Kier molecular flexibility index (Phi) is 3.73. The zero-order valence-corrected chi connectivity index (χ0v) is 11.1. The first-order chi connectivity index (χ1) is 8.47. The number of piperazine rings is 1. The summed E-state index contributed by atoms with van der Waals surface area (Å²) in [6.07, 6.45) is 0. The number of nitro groups is 1. The van der Waals surface area contributed by atoms with Gasteiger partial charge in [0.2, 0.25) is 0 Å². The normalized spacial score (nSPS) is 24.1. The van der Waals surface area contributed by atoms with E-state index >= 15 is 0 Å². The summed E-state index contributed by atoms with van der Waals surface area (Å²) in [6, 6.07) is 5.39. The molecule has 2 atom stereocenters. The van der Waals surface area contributed by atoms with Crippen LogP contribution in [0.3, 0.4) is 0 Å². The van der Waals surface area contributed by atoms with Crippen LogP contribution < -0.4 is 10.2 Å². The van der Waals surface area contributed by atoms with E-state index in [2.05, 4.69) is 24.1 Å². The second-order valence-electron chi connectivity index (χ2n) is 4.77. The summed E-state index contributed by atoms with van der Waals surface area (Å²) in [5.41, 5.74) is 0.891. The van der Waals surface area contributed by atoms with Gasteiger partial charge in [-0.25, -0.2) is 0 Å². The fourth-order valence-corrected chi connectivity index (χ4v) is 2.68. The third kappa shape index (κ3) is 2.73. The molecule has 6 heteroatoms. The van der Waals surface area contributed by atoms with Crippen LogP contribution in [-0.2, 0) is 0 Å². The fraction of sp³-hybridized carbons (Fsp3) is 0.500. The molecule has 1 aromatic rings. The molecule has 1 saturated heterocycles. The molecule has 1 aromatic carbocycles. The van der Waals surface area contributed by atoms with Crippen molar-refractivity contribution in [3.8, 4) is 0 Å². The van der Waals surface area contributed by atoms with Gasteiger partial charge in [-0.3, -0.25) is 10.1 Å². The smallest absolute Gasteiger partial charge is 0.271 e. The van der Waals surface area contributed by atoms with Crippen LogP contribution in [0.25, 0.3) is 0 Å². The van der Waals surface area contributed by atoms with Crippen molar-refractivity contribution in [1.29, 1.82) is 0 Å². The van der Waals surface area contributed by atoms with E-state index in [9.17, 15) is 10.1 Å². The van der Waals surface area contributed by atoms with Crippen LogP contribution in [0.5, 0.6) is 0 Å². The third-order valence-electron chi connectivity index (χ3n) is 3.04. The standard InChI is InChI=1S/C12H16ClN3O2/c1-8-6-15(7-9(2)14-8)12-4-3-10(16(17)18)5-11(12)13/h3-5,8-9,14H,6-7H2,1-2H3/t8-,9-/m1/s1. The largest absolute Gasteiger partial charge is 0.367 e. The van der Waals surface area contributed by atoms with E-state index in [-0.39, 0.29) is 5.69 Å². The van der Waals surface area contributed by atoms with E-state index in [0.29, 0.717) is 17.1 Å². The van der Waals surface area contributed by atoms with E-state index in [4.69, 9.17) is 11.6 Å². The van der Waals surface area contributed by atoms with Crippen LogP contribution in [0.2, 0.25) is 5.02 Å². The first-order valence-electron chi connectivity index (χ1n) is 5.92. The quantitative estimate of drug-likeness (QED) is 0.662. The molecule has 0 unspecified atom stereocenters. The van der Waals surface area contributed by atoms with Gasteiger partial charge in [0.1, 0.15) is 0 Å². The van der Waals surface area contributed by atoms with Crippen LogP contribution >= 0.6 is 11.6 Å². The minimum Gasteiger partial charge on any atom is -0.367 e. The van der Waals surface area contributed by atoms with E-state index < -0.39 is 4.92 Å². The molecule has 1 fully saturated rings. The van der Waals surface area contributed by atoms with Crippen LogP contribution in [0.15, 0.2) is 18.2 Å². The van der Waals surface area contributed by atoms with Crippen molar-refractivity contribution in [3.05, 3.63) is 33.3 Å². The topological polar surface area (TPSA) is 58.4 Å². The van der Waals surface area contributed by atoms with Gasteiger partial charge in [-0.1, -0.05) is 11.6 Å². The molecule has 0 bridgehead atoms. The lowest BCUT2D eigenvalue weighted by molar-refractivity contribution is -0.384. The van der Waals surface area contributed by atoms with E-state index in [0.717, 1.165) is 18.8 Å². The Morgan fingerprint density at radius 3 is 2.50 bits per heavy atom. The summed E-state index contributed by atoms with van der Waals surface area (Å²) in [5.74, 6) is 0. The first kappa shape index (κ1) is 13.1. The van der Waals surface area contributed by atoms with Crippen molar-refractivity contribution in [2.24, 2.45) is 0 Å². The number of nitro benzene ring substituents is 1. The Hall–Kier alpha value is -1.33. The minimum atomic E-state index is -0.432. The highest BCUT2D eigenvalue weighted by molar-refractivity contribution is 6.33. The van der Waals surface area contributed by atoms with Crippen molar-refractivity contribution in [3.63, 3.8) is 0 Å². The SMILES string of the molecule is C[C@@H]1CN(c2ccc([N+](=O)[O-])cc2Cl)C[C@@H](C)N1. The van der Waals surface area contributed by atoms with Crippen molar-refractivity contribution in [2.45, 2.75) is 25.9 Å². The second kappa shape index (κ2) is 5.12. The highest BCUT2D eigenvalue weighted by Crippen LogP contribution is 2.30. The predicted octanol–water partition coefficient (Wildman–Crippen LogP) is 2.43. The monoisotopic (exact) mass is 269 g/mol. The lowest BCUT2D eigenvalue weighted by atomic mass is 10.1. The van der Waals surface area contributed by atoms with Crippen molar-refractivity contribution < 1.29 is 4.92 Å².